The molecule has 0 aromatic heterocycles. The number of esters is 1. The van der Waals surface area contributed by atoms with Crippen molar-refractivity contribution in [3.63, 3.8) is 0 Å². The van der Waals surface area contributed by atoms with Gasteiger partial charge < -0.3 is 19.4 Å². The average molecular weight is 344 g/mol. The van der Waals surface area contributed by atoms with Crippen molar-refractivity contribution in [1.29, 1.82) is 0 Å². The summed E-state index contributed by atoms with van der Waals surface area (Å²) in [7, 11) is 2.09. The van der Waals surface area contributed by atoms with Crippen molar-refractivity contribution >= 4 is 5.97 Å². The van der Waals surface area contributed by atoms with E-state index in [0.717, 1.165) is 5.56 Å². The molecule has 1 aromatic carbocycles. The molecule has 2 fully saturated rings. The summed E-state index contributed by atoms with van der Waals surface area (Å²) >= 11 is 0. The van der Waals surface area contributed by atoms with Gasteiger partial charge in [-0.25, -0.2) is 0 Å². The van der Waals surface area contributed by atoms with Crippen LogP contribution in [0.25, 0.3) is 0 Å². The molecular weight excluding hydrogens is 318 g/mol. The second-order valence-electron chi connectivity index (χ2n) is 7.41. The lowest BCUT2D eigenvalue weighted by molar-refractivity contribution is -0.944. The third-order valence-corrected chi connectivity index (χ3v) is 5.97. The van der Waals surface area contributed by atoms with E-state index in [4.69, 9.17) is 11.2 Å². The van der Waals surface area contributed by atoms with Crippen LogP contribution in [0.1, 0.15) is 30.7 Å². The molecule has 2 bridgehead atoms. The highest BCUT2D eigenvalue weighted by Gasteiger charge is 2.56. The molecule has 2 N–H and O–H groups in total. The Morgan fingerprint density at radius 1 is 1.36 bits per heavy atom. The van der Waals surface area contributed by atoms with Gasteiger partial charge in [0, 0.05) is 19.3 Å². The van der Waals surface area contributed by atoms with E-state index < -0.39 is 18.0 Å². The maximum atomic E-state index is 12.6. The number of fused-ring (bicyclic) bond motifs is 2. The summed E-state index contributed by atoms with van der Waals surface area (Å²) in [5.41, 5.74) is 0.752. The van der Waals surface area contributed by atoms with Crippen molar-refractivity contribution in [2.45, 2.75) is 49.5 Å². The second-order valence-corrected chi connectivity index (χ2v) is 7.41. The summed E-state index contributed by atoms with van der Waals surface area (Å²) in [6.45, 7) is 0.298. The summed E-state index contributed by atoms with van der Waals surface area (Å²) in [4.78, 5) is 12.6. The van der Waals surface area contributed by atoms with Crippen LogP contribution in [0.2, 0.25) is 0 Å². The Labute approximate surface area is 148 Å². The first-order valence-corrected chi connectivity index (χ1v) is 8.82. The van der Waals surface area contributed by atoms with Crippen molar-refractivity contribution in [2.75, 3.05) is 20.2 Å². The molecule has 5 nitrogen and oxygen atoms in total. The van der Waals surface area contributed by atoms with Crippen molar-refractivity contribution < 1.29 is 24.2 Å². The van der Waals surface area contributed by atoms with Gasteiger partial charge in [0.25, 0.3) is 0 Å². The Morgan fingerprint density at radius 2 is 2.08 bits per heavy atom. The third kappa shape index (κ3) is 3.30. The molecule has 0 spiro atoms. The molecule has 0 aliphatic carbocycles. The third-order valence-electron chi connectivity index (χ3n) is 5.97. The van der Waals surface area contributed by atoms with Crippen LogP contribution >= 0.6 is 0 Å². The lowest BCUT2D eigenvalue weighted by Gasteiger charge is -2.45. The number of ether oxygens (including phenoxy) is 1. The molecule has 134 valence electrons. The van der Waals surface area contributed by atoms with Gasteiger partial charge in [0.2, 0.25) is 0 Å². The van der Waals surface area contributed by atoms with Gasteiger partial charge in [0.05, 0.1) is 19.7 Å². The molecule has 0 amide bonds. The van der Waals surface area contributed by atoms with Gasteiger partial charge in [-0.3, -0.25) is 4.79 Å². The average Bonchev–Trinajstić information content (AvgIpc) is 2.72. The van der Waals surface area contributed by atoms with Crippen LogP contribution in [0.5, 0.6) is 0 Å². The fourth-order valence-electron chi connectivity index (χ4n) is 4.53. The molecule has 5 heteroatoms. The van der Waals surface area contributed by atoms with Gasteiger partial charge >= 0.3 is 5.97 Å². The topological polar surface area (TPSA) is 66.8 Å². The predicted molar refractivity (Wildman–Crippen MR) is 93.5 cm³/mol. The van der Waals surface area contributed by atoms with E-state index >= 15 is 0 Å². The quantitative estimate of drug-likeness (QED) is 0.476. The lowest BCUT2D eigenvalue weighted by atomic mass is 9.95. The van der Waals surface area contributed by atoms with Crippen LogP contribution in [0.3, 0.4) is 0 Å². The summed E-state index contributed by atoms with van der Waals surface area (Å²) in [5.74, 6) is 1.65. The minimum absolute atomic E-state index is 0.00287. The van der Waals surface area contributed by atoms with Gasteiger partial charge in [-0.2, -0.15) is 0 Å². The van der Waals surface area contributed by atoms with E-state index in [-0.39, 0.29) is 24.8 Å². The smallest absolute Gasteiger partial charge is 0.316 e. The Morgan fingerprint density at radius 3 is 2.68 bits per heavy atom. The molecule has 6 atom stereocenters. The van der Waals surface area contributed by atoms with Gasteiger partial charge in [0.1, 0.15) is 30.7 Å². The number of terminal acetylenes is 1. The first-order valence-electron chi connectivity index (χ1n) is 8.82. The SMILES string of the molecule is C#CC[N+]1(C)[C@@H]2C[C@@H](OC(=O)[C@@H](CO)c3ccccc3)C[C@H]1[C@H](O)C2. The molecule has 2 saturated heterocycles. The summed E-state index contributed by atoms with van der Waals surface area (Å²) in [6, 6.07) is 9.38. The zero-order chi connectivity index (χ0) is 18.0. The summed E-state index contributed by atoms with van der Waals surface area (Å²) < 4.78 is 6.39. The minimum atomic E-state index is -0.669. The van der Waals surface area contributed by atoms with E-state index in [9.17, 15) is 15.0 Å². The van der Waals surface area contributed by atoms with Crippen molar-refractivity contribution in [3.05, 3.63) is 35.9 Å². The van der Waals surface area contributed by atoms with Crippen LogP contribution in [0.4, 0.5) is 0 Å². The van der Waals surface area contributed by atoms with Crippen LogP contribution < -0.4 is 0 Å². The van der Waals surface area contributed by atoms with E-state index in [1.165, 1.54) is 0 Å². The molecule has 2 aliphatic heterocycles. The maximum absolute atomic E-state index is 12.6. The first kappa shape index (κ1) is 17.9. The normalized spacial score (nSPS) is 35.0. The second kappa shape index (κ2) is 7.17. The van der Waals surface area contributed by atoms with Crippen molar-refractivity contribution in [1.82, 2.24) is 0 Å². The highest BCUT2D eigenvalue weighted by Crippen LogP contribution is 2.42. The van der Waals surface area contributed by atoms with Crippen LogP contribution in [0.15, 0.2) is 30.3 Å². The minimum Gasteiger partial charge on any atom is -0.461 e. The largest absolute Gasteiger partial charge is 0.461 e. The molecule has 1 unspecified atom stereocenters. The predicted octanol–water partition coefficient (Wildman–Crippen LogP) is 1.05. The fourth-order valence-corrected chi connectivity index (χ4v) is 4.53. The zero-order valence-corrected chi connectivity index (χ0v) is 14.5. The molecule has 3 rings (SSSR count). The van der Waals surface area contributed by atoms with Gasteiger partial charge in [-0.05, 0) is 11.5 Å². The Balaban J connectivity index is 1.69. The number of benzene rings is 1. The number of carbonyl (C=O) groups excluding carboxylic acids is 1. The molecule has 2 aliphatic rings. The number of aliphatic hydroxyl groups excluding tert-OH is 2. The van der Waals surface area contributed by atoms with Crippen LogP contribution in [-0.4, -0.2) is 65.2 Å². The number of rotatable bonds is 5. The Hall–Kier alpha value is -1.87. The number of carbonyl (C=O) groups is 1. The number of hydrogen-bond donors (Lipinski definition) is 2. The monoisotopic (exact) mass is 344 g/mol. The first-order chi connectivity index (χ1) is 12.0. The highest BCUT2D eigenvalue weighted by atomic mass is 16.5. The molecule has 2 heterocycles. The number of likely N-dealkylation sites (N-methyl/N-ethyl adjacent to an activating group) is 1. The highest BCUT2D eigenvalue weighted by molar-refractivity contribution is 5.78. The Bertz CT molecular complexity index is 655. The standard InChI is InChI=1S/C20H26NO4/c1-3-9-21(2)15-10-16(12-18(21)19(23)11-15)25-20(24)17(13-22)14-7-5-4-6-8-14/h1,4-8,15-19,22-23H,9-13H2,2H3/q+1/t15-,16-,17+,18+,19-,21?/m1/s1. The van der Waals surface area contributed by atoms with Crippen molar-refractivity contribution in [3.8, 4) is 12.3 Å². The number of nitrogens with zero attached hydrogens (tertiary/aromatic N) is 1. The number of aliphatic hydroxyl groups is 2. The van der Waals surface area contributed by atoms with E-state index in [1.807, 2.05) is 30.3 Å². The van der Waals surface area contributed by atoms with Gasteiger partial charge in [0.15, 0.2) is 0 Å². The summed E-state index contributed by atoms with van der Waals surface area (Å²) in [6.07, 6.45) is 6.87. The summed E-state index contributed by atoms with van der Waals surface area (Å²) in [5, 5.41) is 20.0. The van der Waals surface area contributed by atoms with E-state index in [1.54, 1.807) is 0 Å². The molecule has 0 saturated carbocycles. The van der Waals surface area contributed by atoms with E-state index in [2.05, 4.69) is 13.0 Å². The fraction of sp³-hybridized carbons (Fsp3) is 0.550. The molecular formula is C20H26NO4+. The molecule has 1 aromatic rings. The van der Waals surface area contributed by atoms with Gasteiger partial charge in [-0.15, -0.1) is 6.42 Å². The van der Waals surface area contributed by atoms with Crippen molar-refractivity contribution in [2.24, 2.45) is 0 Å². The van der Waals surface area contributed by atoms with Gasteiger partial charge in [-0.1, -0.05) is 30.3 Å². The number of piperidine rings is 1. The lowest BCUT2D eigenvalue weighted by Crippen LogP contribution is -2.60. The number of quaternary nitrogens is 1. The Kier molecular flexibility index (Phi) is 5.14. The maximum Gasteiger partial charge on any atom is 0.316 e. The zero-order valence-electron chi connectivity index (χ0n) is 14.5. The van der Waals surface area contributed by atoms with E-state index in [0.29, 0.717) is 30.3 Å². The van der Waals surface area contributed by atoms with Crippen LogP contribution in [-0.2, 0) is 9.53 Å². The number of hydrogen-bond acceptors (Lipinski definition) is 4. The molecule has 25 heavy (non-hydrogen) atoms. The molecule has 0 radical (unpaired) electrons. The van der Waals surface area contributed by atoms with Crippen LogP contribution in [0, 0.1) is 12.3 Å².